The average Bonchev–Trinajstić information content (AvgIpc) is 3.17. The number of sulfonamides is 1. The molecule has 0 saturated carbocycles. The number of halogens is 1. The number of carbonyl (C=O) groups is 1. The van der Waals surface area contributed by atoms with Crippen molar-refractivity contribution in [2.75, 3.05) is 33.3 Å². The molecule has 1 amide bonds. The summed E-state index contributed by atoms with van der Waals surface area (Å²) < 4.78 is 37.9. The van der Waals surface area contributed by atoms with Gasteiger partial charge in [0.15, 0.2) is 0 Å². The van der Waals surface area contributed by atoms with Gasteiger partial charge < -0.3 is 9.64 Å². The standard InChI is InChI=1S/C19H18ClN3O4S2/c1-27-15-7-6-13(20)12-17(15)29(25,26)23-10-8-22(9-11-23)19(24)18-14-4-2-3-5-16(14)28-21-18/h2-7,12H,8-11H2,1H3. The van der Waals surface area contributed by atoms with Gasteiger partial charge in [0, 0.05) is 36.6 Å². The molecule has 1 fully saturated rings. The van der Waals surface area contributed by atoms with E-state index in [1.54, 1.807) is 11.0 Å². The average molecular weight is 452 g/mol. The van der Waals surface area contributed by atoms with Gasteiger partial charge in [0.25, 0.3) is 5.91 Å². The van der Waals surface area contributed by atoms with E-state index in [4.69, 9.17) is 16.3 Å². The van der Waals surface area contributed by atoms with Crippen molar-refractivity contribution in [3.8, 4) is 5.75 Å². The number of benzene rings is 2. The third-order valence-electron chi connectivity index (χ3n) is 4.85. The number of piperazine rings is 1. The van der Waals surface area contributed by atoms with Gasteiger partial charge in [-0.05, 0) is 35.8 Å². The topological polar surface area (TPSA) is 79.8 Å². The largest absolute Gasteiger partial charge is 0.495 e. The van der Waals surface area contributed by atoms with E-state index < -0.39 is 10.0 Å². The predicted molar refractivity (Wildman–Crippen MR) is 112 cm³/mol. The summed E-state index contributed by atoms with van der Waals surface area (Å²) in [7, 11) is -2.38. The first kappa shape index (κ1) is 20.1. The second-order valence-corrected chi connectivity index (χ2v) is 9.67. The van der Waals surface area contributed by atoms with Gasteiger partial charge in [-0.2, -0.15) is 8.68 Å². The molecule has 10 heteroatoms. The van der Waals surface area contributed by atoms with Gasteiger partial charge in [0.1, 0.15) is 16.3 Å². The van der Waals surface area contributed by atoms with Crippen molar-refractivity contribution in [2.24, 2.45) is 0 Å². The van der Waals surface area contributed by atoms with E-state index in [9.17, 15) is 13.2 Å². The van der Waals surface area contributed by atoms with Gasteiger partial charge in [-0.25, -0.2) is 8.42 Å². The van der Waals surface area contributed by atoms with E-state index >= 15 is 0 Å². The number of amides is 1. The number of fused-ring (bicyclic) bond motifs is 1. The van der Waals surface area contributed by atoms with Crippen LogP contribution < -0.4 is 4.74 Å². The van der Waals surface area contributed by atoms with Crippen molar-refractivity contribution >= 4 is 49.2 Å². The fraction of sp³-hybridized carbons (Fsp3) is 0.263. The minimum absolute atomic E-state index is 0.0257. The molecule has 0 aliphatic carbocycles. The van der Waals surface area contributed by atoms with E-state index in [1.807, 2.05) is 24.3 Å². The zero-order valence-corrected chi connectivity index (χ0v) is 17.9. The zero-order chi connectivity index (χ0) is 20.6. The maximum absolute atomic E-state index is 13.1. The van der Waals surface area contributed by atoms with Crippen LogP contribution in [0.3, 0.4) is 0 Å². The maximum atomic E-state index is 13.1. The highest BCUT2D eigenvalue weighted by atomic mass is 35.5. The summed E-state index contributed by atoms with van der Waals surface area (Å²) in [6.45, 7) is 0.942. The molecule has 7 nitrogen and oxygen atoms in total. The number of ether oxygens (including phenoxy) is 1. The molecule has 1 aliphatic heterocycles. The van der Waals surface area contributed by atoms with Crippen LogP contribution in [-0.2, 0) is 10.0 Å². The van der Waals surface area contributed by atoms with Crippen LogP contribution in [-0.4, -0.2) is 61.2 Å². The minimum atomic E-state index is -3.79. The van der Waals surface area contributed by atoms with Crippen molar-refractivity contribution < 1.29 is 17.9 Å². The fourth-order valence-electron chi connectivity index (χ4n) is 3.31. The van der Waals surface area contributed by atoms with Crippen LogP contribution in [0.4, 0.5) is 0 Å². The Morgan fingerprint density at radius 1 is 1.14 bits per heavy atom. The van der Waals surface area contributed by atoms with Crippen molar-refractivity contribution in [1.82, 2.24) is 13.6 Å². The number of carbonyl (C=O) groups excluding carboxylic acids is 1. The van der Waals surface area contributed by atoms with Crippen LogP contribution in [0.2, 0.25) is 5.02 Å². The minimum Gasteiger partial charge on any atom is -0.495 e. The molecule has 29 heavy (non-hydrogen) atoms. The second-order valence-electron chi connectivity index (χ2n) is 6.52. The molecule has 0 unspecified atom stereocenters. The van der Waals surface area contributed by atoms with Crippen molar-refractivity contribution in [2.45, 2.75) is 4.90 Å². The van der Waals surface area contributed by atoms with E-state index in [0.29, 0.717) is 10.7 Å². The van der Waals surface area contributed by atoms with Gasteiger partial charge in [0.2, 0.25) is 10.0 Å². The Bertz CT molecular complexity index is 1170. The molecular formula is C19H18ClN3O4S2. The lowest BCUT2D eigenvalue weighted by molar-refractivity contribution is 0.0695. The van der Waals surface area contributed by atoms with Crippen LogP contribution in [0.15, 0.2) is 47.4 Å². The summed E-state index contributed by atoms with van der Waals surface area (Å²) >= 11 is 7.27. The molecule has 2 heterocycles. The lowest BCUT2D eigenvalue weighted by atomic mass is 10.2. The molecule has 0 N–H and O–H groups in total. The summed E-state index contributed by atoms with van der Waals surface area (Å²) in [6.07, 6.45) is 0. The highest BCUT2D eigenvalue weighted by molar-refractivity contribution is 7.89. The lowest BCUT2D eigenvalue weighted by Crippen LogP contribution is -2.50. The molecule has 1 aromatic heterocycles. The van der Waals surface area contributed by atoms with E-state index in [2.05, 4.69) is 4.37 Å². The Hall–Kier alpha value is -2.20. The molecule has 0 atom stereocenters. The van der Waals surface area contributed by atoms with Crippen LogP contribution in [0, 0.1) is 0 Å². The maximum Gasteiger partial charge on any atom is 0.274 e. The van der Waals surface area contributed by atoms with E-state index in [0.717, 1.165) is 10.1 Å². The Morgan fingerprint density at radius 2 is 1.86 bits per heavy atom. The first-order chi connectivity index (χ1) is 13.9. The fourth-order valence-corrected chi connectivity index (χ4v) is 5.92. The molecule has 3 aromatic rings. The van der Waals surface area contributed by atoms with Gasteiger partial charge in [-0.15, -0.1) is 0 Å². The zero-order valence-electron chi connectivity index (χ0n) is 15.5. The monoisotopic (exact) mass is 451 g/mol. The van der Waals surface area contributed by atoms with Crippen LogP contribution >= 0.6 is 23.1 Å². The molecule has 0 radical (unpaired) electrons. The summed E-state index contributed by atoms with van der Waals surface area (Å²) in [4.78, 5) is 14.6. The molecule has 0 spiro atoms. The normalized spacial score (nSPS) is 15.6. The van der Waals surface area contributed by atoms with Crippen LogP contribution in [0.5, 0.6) is 5.75 Å². The molecular weight excluding hydrogens is 434 g/mol. The number of aromatic nitrogens is 1. The molecule has 2 aromatic carbocycles. The van der Waals surface area contributed by atoms with Crippen molar-refractivity contribution in [3.63, 3.8) is 0 Å². The van der Waals surface area contributed by atoms with E-state index in [-0.39, 0.29) is 42.7 Å². The Labute approximate surface area is 177 Å². The van der Waals surface area contributed by atoms with Gasteiger partial charge >= 0.3 is 0 Å². The molecule has 0 bridgehead atoms. The number of hydrogen-bond donors (Lipinski definition) is 0. The quantitative estimate of drug-likeness (QED) is 0.609. The summed E-state index contributed by atoms with van der Waals surface area (Å²) in [5.74, 6) is 0.0571. The second kappa shape index (κ2) is 7.91. The van der Waals surface area contributed by atoms with Gasteiger partial charge in [-0.1, -0.05) is 29.8 Å². The number of nitrogens with zero attached hydrogens (tertiary/aromatic N) is 3. The summed E-state index contributed by atoms with van der Waals surface area (Å²) in [6, 6.07) is 12.1. The number of hydrogen-bond acceptors (Lipinski definition) is 6. The van der Waals surface area contributed by atoms with Gasteiger partial charge in [0.05, 0.1) is 11.8 Å². The van der Waals surface area contributed by atoms with E-state index in [1.165, 1.54) is 35.1 Å². The van der Waals surface area contributed by atoms with Crippen LogP contribution in [0.25, 0.3) is 10.1 Å². The Morgan fingerprint density at radius 3 is 2.59 bits per heavy atom. The first-order valence-corrected chi connectivity index (χ1v) is 11.5. The Balaban J connectivity index is 1.52. The highest BCUT2D eigenvalue weighted by Crippen LogP contribution is 2.30. The van der Waals surface area contributed by atoms with Crippen molar-refractivity contribution in [3.05, 3.63) is 53.2 Å². The lowest BCUT2D eigenvalue weighted by Gasteiger charge is -2.34. The SMILES string of the molecule is COc1ccc(Cl)cc1S(=O)(=O)N1CCN(C(=O)c2nsc3ccccc23)CC1. The van der Waals surface area contributed by atoms with Crippen molar-refractivity contribution in [1.29, 1.82) is 0 Å². The number of rotatable bonds is 4. The first-order valence-electron chi connectivity index (χ1n) is 8.89. The molecule has 4 rings (SSSR count). The summed E-state index contributed by atoms with van der Waals surface area (Å²) in [5, 5.41) is 1.13. The third-order valence-corrected chi connectivity index (χ3v) is 7.83. The number of methoxy groups -OCH3 is 1. The Kier molecular flexibility index (Phi) is 5.48. The molecule has 1 aliphatic rings. The highest BCUT2D eigenvalue weighted by Gasteiger charge is 2.33. The predicted octanol–water partition coefficient (Wildman–Crippen LogP) is 3.11. The molecule has 152 valence electrons. The smallest absolute Gasteiger partial charge is 0.274 e. The van der Waals surface area contributed by atoms with Crippen LogP contribution in [0.1, 0.15) is 10.5 Å². The van der Waals surface area contributed by atoms with Gasteiger partial charge in [-0.3, -0.25) is 4.79 Å². The summed E-state index contributed by atoms with van der Waals surface area (Å²) in [5.41, 5.74) is 0.415. The molecule has 1 saturated heterocycles. The third kappa shape index (κ3) is 3.71.